The van der Waals surface area contributed by atoms with Gasteiger partial charge in [-0.25, -0.2) is 0 Å². The molecule has 1 aliphatic rings. The predicted octanol–water partition coefficient (Wildman–Crippen LogP) is 3.56. The van der Waals surface area contributed by atoms with Gasteiger partial charge in [0.05, 0.1) is 0 Å². The van der Waals surface area contributed by atoms with Crippen LogP contribution in [-0.2, 0) is 11.3 Å². The van der Waals surface area contributed by atoms with Crippen LogP contribution in [0.25, 0.3) is 0 Å². The van der Waals surface area contributed by atoms with Crippen molar-refractivity contribution in [3.05, 3.63) is 65.7 Å². The number of rotatable bonds is 5. The molecule has 5 heteroatoms. The van der Waals surface area contributed by atoms with Crippen molar-refractivity contribution in [3.8, 4) is 0 Å². The molecule has 142 valence electrons. The number of hydrogen-bond donors (Lipinski definition) is 2. The van der Waals surface area contributed by atoms with E-state index in [1.165, 1.54) is 6.92 Å². The van der Waals surface area contributed by atoms with Crippen LogP contribution in [0.5, 0.6) is 0 Å². The lowest BCUT2D eigenvalue weighted by Gasteiger charge is -2.39. The molecular formula is C22H27N3O2. The Morgan fingerprint density at radius 3 is 2.41 bits per heavy atom. The molecular weight excluding hydrogens is 338 g/mol. The molecule has 0 heterocycles. The van der Waals surface area contributed by atoms with E-state index in [4.69, 9.17) is 5.73 Å². The van der Waals surface area contributed by atoms with Crippen LogP contribution < -0.4 is 11.1 Å². The van der Waals surface area contributed by atoms with E-state index in [-0.39, 0.29) is 23.9 Å². The van der Waals surface area contributed by atoms with Crippen molar-refractivity contribution in [2.75, 3.05) is 5.32 Å². The summed E-state index contributed by atoms with van der Waals surface area (Å²) in [5, 5.41) is 2.86. The smallest absolute Gasteiger partial charge is 0.254 e. The summed E-state index contributed by atoms with van der Waals surface area (Å²) >= 11 is 0. The van der Waals surface area contributed by atoms with E-state index in [0.717, 1.165) is 36.9 Å². The lowest BCUT2D eigenvalue weighted by atomic mass is 9.89. The number of anilines is 1. The van der Waals surface area contributed by atoms with Crippen molar-refractivity contribution in [2.24, 2.45) is 5.73 Å². The molecule has 1 fully saturated rings. The van der Waals surface area contributed by atoms with Gasteiger partial charge in [0.15, 0.2) is 0 Å². The van der Waals surface area contributed by atoms with Gasteiger partial charge in [-0.3, -0.25) is 9.59 Å². The van der Waals surface area contributed by atoms with Gasteiger partial charge < -0.3 is 16.0 Å². The fourth-order valence-electron chi connectivity index (χ4n) is 3.77. The third-order valence-corrected chi connectivity index (χ3v) is 5.13. The summed E-state index contributed by atoms with van der Waals surface area (Å²) < 4.78 is 0. The van der Waals surface area contributed by atoms with E-state index in [1.807, 2.05) is 59.5 Å². The largest absolute Gasteiger partial charge is 0.330 e. The monoisotopic (exact) mass is 365 g/mol. The number of carbonyl (C=O) groups is 2. The van der Waals surface area contributed by atoms with Gasteiger partial charge in [-0.1, -0.05) is 49.2 Å². The molecule has 5 nitrogen and oxygen atoms in total. The Bertz CT molecular complexity index is 791. The first-order valence-corrected chi connectivity index (χ1v) is 9.53. The van der Waals surface area contributed by atoms with Gasteiger partial charge in [-0.05, 0) is 36.6 Å². The highest BCUT2D eigenvalue weighted by Gasteiger charge is 2.31. The second-order valence-corrected chi connectivity index (χ2v) is 7.15. The van der Waals surface area contributed by atoms with Gasteiger partial charge in [-0.15, -0.1) is 0 Å². The number of carbonyl (C=O) groups excluding carboxylic acids is 2. The molecule has 0 aliphatic heterocycles. The molecule has 3 rings (SSSR count). The zero-order chi connectivity index (χ0) is 19.2. The van der Waals surface area contributed by atoms with Crippen LogP contribution in [0.2, 0.25) is 0 Å². The molecule has 2 unspecified atom stereocenters. The van der Waals surface area contributed by atoms with E-state index in [1.54, 1.807) is 0 Å². The number of hydrogen-bond acceptors (Lipinski definition) is 3. The van der Waals surface area contributed by atoms with Gasteiger partial charge >= 0.3 is 0 Å². The second kappa shape index (κ2) is 8.82. The molecule has 2 amide bonds. The standard InChI is InChI=1S/C22H27N3O2/c1-16(26)24-20-13-7-5-11-18(20)15-25(21-14-8-6-12-19(21)23)22(27)17-9-3-2-4-10-17/h2-5,7,9-11,13,19,21H,6,8,12,14-15,23H2,1H3,(H,24,26). The molecule has 0 bridgehead atoms. The topological polar surface area (TPSA) is 75.4 Å². The van der Waals surface area contributed by atoms with Crippen LogP contribution in [0, 0.1) is 0 Å². The summed E-state index contributed by atoms with van der Waals surface area (Å²) in [4.78, 5) is 26.7. The Kier molecular flexibility index (Phi) is 6.24. The van der Waals surface area contributed by atoms with Crippen molar-refractivity contribution in [3.63, 3.8) is 0 Å². The third-order valence-electron chi connectivity index (χ3n) is 5.13. The van der Waals surface area contributed by atoms with Crippen LogP contribution >= 0.6 is 0 Å². The van der Waals surface area contributed by atoms with Crippen molar-refractivity contribution < 1.29 is 9.59 Å². The molecule has 2 atom stereocenters. The Morgan fingerprint density at radius 1 is 1.04 bits per heavy atom. The highest BCUT2D eigenvalue weighted by Crippen LogP contribution is 2.27. The summed E-state index contributed by atoms with van der Waals surface area (Å²) in [5.41, 5.74) is 8.71. The fraction of sp³-hybridized carbons (Fsp3) is 0.364. The Hall–Kier alpha value is -2.66. The molecule has 0 saturated heterocycles. The summed E-state index contributed by atoms with van der Waals surface area (Å²) in [6.45, 7) is 1.91. The number of nitrogens with one attached hydrogen (secondary N) is 1. The maximum Gasteiger partial charge on any atom is 0.254 e. The van der Waals surface area contributed by atoms with Crippen molar-refractivity contribution >= 4 is 17.5 Å². The van der Waals surface area contributed by atoms with Crippen LogP contribution in [-0.4, -0.2) is 28.8 Å². The fourth-order valence-corrected chi connectivity index (χ4v) is 3.77. The molecule has 27 heavy (non-hydrogen) atoms. The summed E-state index contributed by atoms with van der Waals surface area (Å²) in [5.74, 6) is -0.145. The number of nitrogens with two attached hydrogens (primary N) is 1. The Balaban J connectivity index is 1.93. The molecule has 2 aromatic carbocycles. The molecule has 0 aromatic heterocycles. The minimum atomic E-state index is -0.127. The van der Waals surface area contributed by atoms with E-state index < -0.39 is 0 Å². The zero-order valence-electron chi connectivity index (χ0n) is 15.7. The quantitative estimate of drug-likeness (QED) is 0.851. The van der Waals surface area contributed by atoms with Gasteiger partial charge in [-0.2, -0.15) is 0 Å². The van der Waals surface area contributed by atoms with Gasteiger partial charge in [0, 0.05) is 36.8 Å². The molecule has 2 aromatic rings. The van der Waals surface area contributed by atoms with E-state index in [0.29, 0.717) is 12.1 Å². The summed E-state index contributed by atoms with van der Waals surface area (Å²) in [7, 11) is 0. The molecule has 3 N–H and O–H groups in total. The first-order chi connectivity index (χ1) is 13.1. The minimum Gasteiger partial charge on any atom is -0.330 e. The van der Waals surface area contributed by atoms with E-state index >= 15 is 0 Å². The highest BCUT2D eigenvalue weighted by molar-refractivity contribution is 5.95. The lowest BCUT2D eigenvalue weighted by Crippen LogP contribution is -2.51. The first kappa shape index (κ1) is 19.1. The second-order valence-electron chi connectivity index (χ2n) is 7.15. The summed E-state index contributed by atoms with van der Waals surface area (Å²) in [6.07, 6.45) is 4.01. The molecule has 0 radical (unpaired) electrons. The van der Waals surface area contributed by atoms with Crippen molar-refractivity contribution in [1.29, 1.82) is 0 Å². The van der Waals surface area contributed by atoms with Crippen molar-refractivity contribution in [1.82, 2.24) is 4.90 Å². The van der Waals surface area contributed by atoms with Gasteiger partial charge in [0.25, 0.3) is 5.91 Å². The number of nitrogens with zero attached hydrogens (tertiary/aromatic N) is 1. The normalized spacial score (nSPS) is 19.3. The van der Waals surface area contributed by atoms with Crippen LogP contribution in [0.1, 0.15) is 48.5 Å². The van der Waals surface area contributed by atoms with Crippen LogP contribution in [0.15, 0.2) is 54.6 Å². The van der Waals surface area contributed by atoms with Crippen molar-refractivity contribution in [2.45, 2.75) is 51.2 Å². The Morgan fingerprint density at radius 2 is 1.70 bits per heavy atom. The lowest BCUT2D eigenvalue weighted by molar-refractivity contribution is -0.114. The predicted molar refractivity (Wildman–Crippen MR) is 107 cm³/mol. The molecule has 0 spiro atoms. The third kappa shape index (κ3) is 4.74. The highest BCUT2D eigenvalue weighted by atomic mass is 16.2. The Labute approximate surface area is 160 Å². The SMILES string of the molecule is CC(=O)Nc1ccccc1CN(C(=O)c1ccccc1)C1CCCCC1N. The molecule has 1 saturated carbocycles. The first-order valence-electron chi connectivity index (χ1n) is 9.53. The maximum atomic E-state index is 13.3. The minimum absolute atomic E-state index is 0.00293. The number of amides is 2. The van der Waals surface area contributed by atoms with Crippen LogP contribution in [0.3, 0.4) is 0 Å². The average Bonchev–Trinajstić information content (AvgIpc) is 2.68. The number of para-hydroxylation sites is 1. The van der Waals surface area contributed by atoms with E-state index in [9.17, 15) is 9.59 Å². The van der Waals surface area contributed by atoms with E-state index in [2.05, 4.69) is 5.32 Å². The number of benzene rings is 2. The average molecular weight is 365 g/mol. The zero-order valence-corrected chi connectivity index (χ0v) is 15.7. The van der Waals surface area contributed by atoms with Gasteiger partial charge in [0.1, 0.15) is 0 Å². The van der Waals surface area contributed by atoms with Gasteiger partial charge in [0.2, 0.25) is 5.91 Å². The van der Waals surface area contributed by atoms with Crippen LogP contribution in [0.4, 0.5) is 5.69 Å². The summed E-state index contributed by atoms with van der Waals surface area (Å²) in [6, 6.07) is 16.9. The molecule has 1 aliphatic carbocycles. The maximum absolute atomic E-state index is 13.3.